The fourth-order valence-electron chi connectivity index (χ4n) is 2.41. The average Bonchev–Trinajstić information content (AvgIpc) is 2.46. The second kappa shape index (κ2) is 5.61. The van der Waals surface area contributed by atoms with Crippen molar-refractivity contribution >= 4 is 23.3 Å². The first-order chi connectivity index (χ1) is 9.74. The molecule has 0 fully saturated rings. The molecule has 1 aliphatic heterocycles. The van der Waals surface area contributed by atoms with Gasteiger partial charge in [0.15, 0.2) is 0 Å². The van der Waals surface area contributed by atoms with Gasteiger partial charge in [-0.25, -0.2) is 4.98 Å². The van der Waals surface area contributed by atoms with E-state index < -0.39 is 0 Å². The number of carbonyl (C=O) groups is 1. The van der Waals surface area contributed by atoms with Crippen molar-refractivity contribution in [3.05, 3.63) is 58.2 Å². The van der Waals surface area contributed by atoms with Crippen LogP contribution in [0.15, 0.2) is 36.4 Å². The molecule has 102 valence electrons. The van der Waals surface area contributed by atoms with E-state index in [4.69, 9.17) is 11.6 Å². The van der Waals surface area contributed by atoms with E-state index in [2.05, 4.69) is 21.7 Å². The van der Waals surface area contributed by atoms with Crippen LogP contribution in [-0.2, 0) is 13.0 Å². The van der Waals surface area contributed by atoms with Gasteiger partial charge in [-0.15, -0.1) is 0 Å². The number of benzene rings is 1. The van der Waals surface area contributed by atoms with Crippen LogP contribution in [0.5, 0.6) is 0 Å². The van der Waals surface area contributed by atoms with Gasteiger partial charge in [-0.3, -0.25) is 4.79 Å². The van der Waals surface area contributed by atoms with Gasteiger partial charge in [-0.2, -0.15) is 0 Å². The summed E-state index contributed by atoms with van der Waals surface area (Å²) in [7, 11) is 0. The Morgan fingerprint density at radius 2 is 2.10 bits per heavy atom. The first-order valence-electron chi connectivity index (χ1n) is 6.49. The van der Waals surface area contributed by atoms with Crippen LogP contribution < -0.4 is 10.6 Å². The standard InChI is InChI=1S/C15H14ClN3O/c16-13-5-2-6-14(18-13)19-15(20)12-4-1-3-10-9-17-8-7-11(10)12/h1-6,17H,7-9H2,(H,18,19,20). The minimum Gasteiger partial charge on any atom is -0.312 e. The van der Waals surface area contributed by atoms with Gasteiger partial charge in [0.05, 0.1) is 0 Å². The first kappa shape index (κ1) is 13.1. The molecule has 2 aromatic rings. The third kappa shape index (κ3) is 2.66. The number of hydrogen-bond donors (Lipinski definition) is 2. The summed E-state index contributed by atoms with van der Waals surface area (Å²) in [5.74, 6) is 0.326. The lowest BCUT2D eigenvalue weighted by atomic mass is 9.95. The fraction of sp³-hybridized carbons (Fsp3) is 0.200. The highest BCUT2D eigenvalue weighted by Gasteiger charge is 2.17. The van der Waals surface area contributed by atoms with Crippen molar-refractivity contribution in [3.63, 3.8) is 0 Å². The van der Waals surface area contributed by atoms with Crippen molar-refractivity contribution < 1.29 is 4.79 Å². The van der Waals surface area contributed by atoms with Crippen molar-refractivity contribution in [2.45, 2.75) is 13.0 Å². The quantitative estimate of drug-likeness (QED) is 0.835. The molecule has 0 saturated carbocycles. The summed E-state index contributed by atoms with van der Waals surface area (Å²) in [5, 5.41) is 6.46. The Morgan fingerprint density at radius 1 is 1.25 bits per heavy atom. The molecule has 4 nitrogen and oxygen atoms in total. The Bertz CT molecular complexity index is 657. The first-order valence-corrected chi connectivity index (χ1v) is 6.87. The molecule has 1 aromatic carbocycles. The molecule has 3 rings (SSSR count). The molecule has 0 saturated heterocycles. The molecule has 0 atom stereocenters. The second-order valence-corrected chi connectivity index (χ2v) is 5.06. The summed E-state index contributed by atoms with van der Waals surface area (Å²) < 4.78 is 0. The van der Waals surface area contributed by atoms with Gasteiger partial charge in [0, 0.05) is 12.1 Å². The monoisotopic (exact) mass is 287 g/mol. The molecule has 0 spiro atoms. The molecule has 0 radical (unpaired) electrons. The van der Waals surface area contributed by atoms with E-state index in [1.807, 2.05) is 12.1 Å². The van der Waals surface area contributed by atoms with Crippen LogP contribution in [0.1, 0.15) is 21.5 Å². The van der Waals surface area contributed by atoms with Gasteiger partial charge in [0.1, 0.15) is 11.0 Å². The predicted octanol–water partition coefficient (Wildman–Crippen LogP) is 2.63. The number of pyridine rings is 1. The van der Waals surface area contributed by atoms with E-state index in [1.54, 1.807) is 18.2 Å². The average molecular weight is 288 g/mol. The zero-order valence-corrected chi connectivity index (χ0v) is 11.6. The van der Waals surface area contributed by atoms with Gasteiger partial charge < -0.3 is 10.6 Å². The molecular formula is C15H14ClN3O. The van der Waals surface area contributed by atoms with Gasteiger partial charge in [0.25, 0.3) is 5.91 Å². The topological polar surface area (TPSA) is 54.0 Å². The lowest BCUT2D eigenvalue weighted by Crippen LogP contribution is -2.26. The Labute approximate surface area is 122 Å². The molecule has 0 bridgehead atoms. The number of fused-ring (bicyclic) bond motifs is 1. The Hall–Kier alpha value is -1.91. The zero-order valence-electron chi connectivity index (χ0n) is 10.8. The SMILES string of the molecule is O=C(Nc1cccc(Cl)n1)c1cccc2c1CCNC2. The van der Waals surface area contributed by atoms with E-state index in [-0.39, 0.29) is 5.91 Å². The maximum Gasteiger partial charge on any atom is 0.257 e. The predicted molar refractivity (Wildman–Crippen MR) is 79.1 cm³/mol. The summed E-state index contributed by atoms with van der Waals surface area (Å²) in [6, 6.07) is 11.0. The van der Waals surface area contributed by atoms with Crippen LogP contribution in [-0.4, -0.2) is 17.4 Å². The summed E-state index contributed by atoms with van der Waals surface area (Å²) in [6.45, 7) is 1.71. The molecule has 0 unspecified atom stereocenters. The number of amides is 1. The third-order valence-electron chi connectivity index (χ3n) is 3.34. The van der Waals surface area contributed by atoms with Crippen LogP contribution in [0.4, 0.5) is 5.82 Å². The van der Waals surface area contributed by atoms with Gasteiger partial charge in [0.2, 0.25) is 0 Å². The lowest BCUT2D eigenvalue weighted by Gasteiger charge is -2.19. The number of anilines is 1. The van der Waals surface area contributed by atoms with E-state index in [1.165, 1.54) is 5.56 Å². The summed E-state index contributed by atoms with van der Waals surface area (Å²) in [5.41, 5.74) is 3.01. The summed E-state index contributed by atoms with van der Waals surface area (Å²) in [4.78, 5) is 16.5. The molecule has 5 heteroatoms. The third-order valence-corrected chi connectivity index (χ3v) is 3.55. The summed E-state index contributed by atoms with van der Waals surface area (Å²) in [6.07, 6.45) is 0.863. The largest absolute Gasteiger partial charge is 0.312 e. The molecule has 20 heavy (non-hydrogen) atoms. The van der Waals surface area contributed by atoms with Crippen molar-refractivity contribution in [3.8, 4) is 0 Å². The number of nitrogens with one attached hydrogen (secondary N) is 2. The molecule has 1 amide bonds. The molecular weight excluding hydrogens is 274 g/mol. The van der Waals surface area contributed by atoms with Gasteiger partial charge in [-0.1, -0.05) is 29.8 Å². The molecule has 2 heterocycles. The molecule has 2 N–H and O–H groups in total. The zero-order chi connectivity index (χ0) is 13.9. The van der Waals surface area contributed by atoms with Crippen molar-refractivity contribution in [1.82, 2.24) is 10.3 Å². The van der Waals surface area contributed by atoms with Gasteiger partial charge in [-0.05, 0) is 42.3 Å². The van der Waals surface area contributed by atoms with Crippen molar-refractivity contribution in [2.75, 3.05) is 11.9 Å². The highest BCUT2D eigenvalue weighted by atomic mass is 35.5. The fourth-order valence-corrected chi connectivity index (χ4v) is 2.57. The number of hydrogen-bond acceptors (Lipinski definition) is 3. The second-order valence-electron chi connectivity index (χ2n) is 4.67. The number of nitrogens with zero attached hydrogens (tertiary/aromatic N) is 1. The minimum absolute atomic E-state index is 0.140. The molecule has 1 aromatic heterocycles. The van der Waals surface area contributed by atoms with E-state index >= 15 is 0 Å². The number of aromatic nitrogens is 1. The van der Waals surface area contributed by atoms with E-state index in [0.717, 1.165) is 25.1 Å². The van der Waals surface area contributed by atoms with Gasteiger partial charge >= 0.3 is 0 Å². The molecule has 1 aliphatic rings. The van der Waals surface area contributed by atoms with Crippen molar-refractivity contribution in [1.29, 1.82) is 0 Å². The normalized spacial score (nSPS) is 13.7. The summed E-state index contributed by atoms with van der Waals surface area (Å²) >= 11 is 5.82. The van der Waals surface area contributed by atoms with Crippen LogP contribution >= 0.6 is 11.6 Å². The van der Waals surface area contributed by atoms with E-state index in [9.17, 15) is 4.79 Å². The number of rotatable bonds is 2. The Kier molecular flexibility index (Phi) is 3.67. The van der Waals surface area contributed by atoms with E-state index in [0.29, 0.717) is 16.5 Å². The highest BCUT2D eigenvalue weighted by molar-refractivity contribution is 6.29. The Balaban J connectivity index is 1.88. The van der Waals surface area contributed by atoms with Crippen molar-refractivity contribution in [2.24, 2.45) is 0 Å². The minimum atomic E-state index is -0.140. The van der Waals surface area contributed by atoms with Crippen LogP contribution in [0.25, 0.3) is 0 Å². The maximum atomic E-state index is 12.4. The smallest absolute Gasteiger partial charge is 0.257 e. The lowest BCUT2D eigenvalue weighted by molar-refractivity contribution is 0.102. The number of carbonyl (C=O) groups excluding carboxylic acids is 1. The molecule has 0 aliphatic carbocycles. The van der Waals surface area contributed by atoms with Crippen LogP contribution in [0.3, 0.4) is 0 Å². The maximum absolute atomic E-state index is 12.4. The Morgan fingerprint density at radius 3 is 2.95 bits per heavy atom. The van der Waals surface area contributed by atoms with Crippen LogP contribution in [0, 0.1) is 0 Å². The number of halogens is 1. The highest BCUT2D eigenvalue weighted by Crippen LogP contribution is 2.20. The van der Waals surface area contributed by atoms with Crippen LogP contribution in [0.2, 0.25) is 5.15 Å².